The largest absolute Gasteiger partial charge is 0.497 e. The average molecular weight is 393 g/mol. The first-order valence-corrected chi connectivity index (χ1v) is 10.1. The molecule has 28 heavy (non-hydrogen) atoms. The van der Waals surface area contributed by atoms with E-state index in [1.807, 2.05) is 30.3 Å². The highest BCUT2D eigenvalue weighted by Crippen LogP contribution is 2.42. The van der Waals surface area contributed by atoms with Crippen molar-refractivity contribution in [1.82, 2.24) is 4.90 Å². The van der Waals surface area contributed by atoms with Crippen LogP contribution in [0.5, 0.6) is 5.75 Å². The van der Waals surface area contributed by atoms with E-state index in [2.05, 4.69) is 6.92 Å². The lowest BCUT2D eigenvalue weighted by Gasteiger charge is -2.40. The molecule has 1 aliphatic heterocycles. The maximum Gasteiger partial charge on any atom is 0.260 e. The Labute approximate surface area is 171 Å². The summed E-state index contributed by atoms with van der Waals surface area (Å²) in [6.07, 6.45) is 3.76. The molecule has 1 fully saturated rings. The number of hydrogen-bond donors (Lipinski definition) is 0. The lowest BCUT2D eigenvalue weighted by molar-refractivity contribution is 0.0613. The quantitative estimate of drug-likeness (QED) is 0.700. The van der Waals surface area contributed by atoms with Crippen molar-refractivity contribution in [3.63, 3.8) is 0 Å². The first kappa shape index (κ1) is 18.8. The standard InChI is InChI=1S/C23H24N2O2S/c1-16-12-14-23(15-13-16)24-20(17-6-4-3-5-7-17)22(28)25(23)21(26)18-8-10-19(27-2)11-9-18/h3-11,16H,12-15H2,1-2H3. The Morgan fingerprint density at radius 2 is 1.75 bits per heavy atom. The van der Waals surface area contributed by atoms with Gasteiger partial charge in [0.2, 0.25) is 0 Å². The number of amides is 1. The number of carbonyl (C=O) groups excluding carboxylic acids is 1. The summed E-state index contributed by atoms with van der Waals surface area (Å²) in [6.45, 7) is 2.26. The maximum absolute atomic E-state index is 13.5. The first-order valence-electron chi connectivity index (χ1n) is 9.72. The molecule has 0 N–H and O–H groups in total. The Bertz CT molecular complexity index is 913. The predicted molar refractivity (Wildman–Crippen MR) is 115 cm³/mol. The van der Waals surface area contributed by atoms with E-state index in [1.54, 1.807) is 36.3 Å². The lowest BCUT2D eigenvalue weighted by Crippen LogP contribution is -2.51. The van der Waals surface area contributed by atoms with Gasteiger partial charge in [0.05, 0.1) is 7.11 Å². The van der Waals surface area contributed by atoms with Gasteiger partial charge in [0.25, 0.3) is 5.91 Å². The van der Waals surface area contributed by atoms with Crippen LogP contribution in [0, 0.1) is 5.92 Å². The number of carbonyl (C=O) groups is 1. The van der Waals surface area contributed by atoms with Crippen LogP contribution in [0.3, 0.4) is 0 Å². The van der Waals surface area contributed by atoms with Gasteiger partial charge in [-0.15, -0.1) is 0 Å². The highest BCUT2D eigenvalue weighted by atomic mass is 32.1. The van der Waals surface area contributed by atoms with Gasteiger partial charge in [-0.3, -0.25) is 14.7 Å². The topological polar surface area (TPSA) is 41.9 Å². The summed E-state index contributed by atoms with van der Waals surface area (Å²) in [4.78, 5) is 20.9. The van der Waals surface area contributed by atoms with Gasteiger partial charge in [-0.25, -0.2) is 0 Å². The minimum atomic E-state index is -0.564. The number of hydrogen-bond acceptors (Lipinski definition) is 4. The molecule has 5 heteroatoms. The molecular weight excluding hydrogens is 368 g/mol. The molecule has 0 saturated heterocycles. The van der Waals surface area contributed by atoms with Crippen molar-refractivity contribution in [2.45, 2.75) is 38.3 Å². The first-order chi connectivity index (χ1) is 13.5. The van der Waals surface area contributed by atoms with E-state index in [9.17, 15) is 4.79 Å². The van der Waals surface area contributed by atoms with Gasteiger partial charge in [0.1, 0.15) is 22.1 Å². The van der Waals surface area contributed by atoms with Crippen LogP contribution in [0.15, 0.2) is 59.6 Å². The van der Waals surface area contributed by atoms with Crippen molar-refractivity contribution in [1.29, 1.82) is 0 Å². The van der Waals surface area contributed by atoms with Crippen molar-refractivity contribution in [3.8, 4) is 5.75 Å². The lowest BCUT2D eigenvalue weighted by atomic mass is 9.82. The Hall–Kier alpha value is -2.53. The molecule has 1 spiro atoms. The Kier molecular flexibility index (Phi) is 5.02. The summed E-state index contributed by atoms with van der Waals surface area (Å²) in [5, 5.41) is 0. The Morgan fingerprint density at radius 3 is 2.36 bits per heavy atom. The van der Waals surface area contributed by atoms with Gasteiger partial charge < -0.3 is 4.74 Å². The molecule has 4 rings (SSSR count). The van der Waals surface area contributed by atoms with Crippen LogP contribution in [-0.2, 0) is 0 Å². The van der Waals surface area contributed by atoms with E-state index >= 15 is 0 Å². The zero-order valence-corrected chi connectivity index (χ0v) is 17.0. The molecule has 0 radical (unpaired) electrons. The Balaban J connectivity index is 1.73. The van der Waals surface area contributed by atoms with Crippen LogP contribution in [0.2, 0.25) is 0 Å². The van der Waals surface area contributed by atoms with Gasteiger partial charge in [0, 0.05) is 11.1 Å². The van der Waals surface area contributed by atoms with Gasteiger partial charge in [-0.1, -0.05) is 49.5 Å². The van der Waals surface area contributed by atoms with E-state index in [4.69, 9.17) is 21.9 Å². The third-order valence-corrected chi connectivity index (χ3v) is 6.18. The fourth-order valence-electron chi connectivity index (χ4n) is 4.09. The molecule has 0 aromatic heterocycles. The summed E-state index contributed by atoms with van der Waals surface area (Å²) in [7, 11) is 1.62. The molecule has 1 aliphatic carbocycles. The summed E-state index contributed by atoms with van der Waals surface area (Å²) >= 11 is 5.80. The SMILES string of the molecule is COc1ccc(C(=O)N2C(=S)C(c3ccccc3)=NC23CCC(C)CC3)cc1. The maximum atomic E-state index is 13.5. The highest BCUT2D eigenvalue weighted by molar-refractivity contribution is 7.82. The minimum absolute atomic E-state index is 0.0862. The van der Waals surface area contributed by atoms with Gasteiger partial charge >= 0.3 is 0 Å². The molecular formula is C23H24N2O2S. The normalized spacial score (nSPS) is 24.4. The van der Waals surface area contributed by atoms with Crippen LogP contribution >= 0.6 is 12.2 Å². The fourth-order valence-corrected chi connectivity index (χ4v) is 4.51. The second-order valence-electron chi connectivity index (χ2n) is 7.67. The summed E-state index contributed by atoms with van der Waals surface area (Å²) < 4.78 is 5.22. The van der Waals surface area contributed by atoms with Gasteiger partial charge in [-0.2, -0.15) is 0 Å². The van der Waals surface area contributed by atoms with Crippen molar-refractivity contribution < 1.29 is 9.53 Å². The Morgan fingerprint density at radius 1 is 1.11 bits per heavy atom. The second kappa shape index (κ2) is 7.47. The van der Waals surface area contributed by atoms with Crippen LogP contribution in [0.25, 0.3) is 0 Å². The van der Waals surface area contributed by atoms with Crippen LogP contribution in [0.4, 0.5) is 0 Å². The molecule has 2 aliphatic rings. The highest BCUT2D eigenvalue weighted by Gasteiger charge is 2.49. The van der Waals surface area contributed by atoms with Gasteiger partial charge in [-0.05, 0) is 55.9 Å². The molecule has 0 atom stereocenters. The molecule has 1 heterocycles. The number of methoxy groups -OCH3 is 1. The van der Waals surface area contributed by atoms with Crippen molar-refractivity contribution in [3.05, 3.63) is 65.7 Å². The monoisotopic (exact) mass is 392 g/mol. The van der Waals surface area contributed by atoms with Crippen molar-refractivity contribution >= 4 is 28.8 Å². The van der Waals surface area contributed by atoms with Crippen molar-refractivity contribution in [2.75, 3.05) is 7.11 Å². The number of aliphatic imine (C=N–C) groups is 1. The summed E-state index contributed by atoms with van der Waals surface area (Å²) in [6, 6.07) is 17.1. The molecule has 4 nitrogen and oxygen atoms in total. The third kappa shape index (κ3) is 3.24. The van der Waals surface area contributed by atoms with Crippen molar-refractivity contribution in [2.24, 2.45) is 10.9 Å². The molecule has 2 aromatic carbocycles. The summed E-state index contributed by atoms with van der Waals surface area (Å²) in [5.74, 6) is 1.29. The van der Waals surface area contributed by atoms with Crippen LogP contribution in [0.1, 0.15) is 48.5 Å². The molecule has 1 amide bonds. The number of nitrogens with zero attached hydrogens (tertiary/aromatic N) is 2. The number of rotatable bonds is 3. The fraction of sp³-hybridized carbons (Fsp3) is 0.348. The van der Waals surface area contributed by atoms with E-state index in [1.165, 1.54) is 0 Å². The average Bonchev–Trinajstić information content (AvgIpc) is 3.02. The number of thiocarbonyl (C=S) groups is 1. The second-order valence-corrected chi connectivity index (χ2v) is 8.05. The molecule has 144 valence electrons. The predicted octanol–water partition coefficient (Wildman–Crippen LogP) is 4.87. The molecule has 0 unspecified atom stereocenters. The molecule has 2 aromatic rings. The zero-order valence-electron chi connectivity index (χ0n) is 16.2. The van der Waals surface area contributed by atoms with E-state index in [-0.39, 0.29) is 5.91 Å². The van der Waals surface area contributed by atoms with Crippen LogP contribution in [-0.4, -0.2) is 34.3 Å². The van der Waals surface area contributed by atoms with Crippen LogP contribution < -0.4 is 4.74 Å². The summed E-state index contributed by atoms with van der Waals surface area (Å²) in [5.41, 5.74) is 1.76. The minimum Gasteiger partial charge on any atom is -0.497 e. The molecule has 0 bridgehead atoms. The van der Waals surface area contributed by atoms with E-state index < -0.39 is 5.66 Å². The molecule has 1 saturated carbocycles. The smallest absolute Gasteiger partial charge is 0.260 e. The van der Waals surface area contributed by atoms with Gasteiger partial charge in [0.15, 0.2) is 0 Å². The van der Waals surface area contributed by atoms with E-state index in [0.29, 0.717) is 16.5 Å². The van der Waals surface area contributed by atoms with E-state index in [0.717, 1.165) is 42.7 Å². The number of benzene rings is 2. The number of ether oxygens (including phenoxy) is 1. The zero-order chi connectivity index (χ0) is 19.7. The third-order valence-electron chi connectivity index (χ3n) is 5.80.